The highest BCUT2D eigenvalue weighted by atomic mass is 32.2. The molecule has 0 aliphatic carbocycles. The number of likely N-dealkylation sites (N-methyl/N-ethyl adjacent to an activating group) is 1. The summed E-state index contributed by atoms with van der Waals surface area (Å²) in [4.78, 5) is 17.0. The summed E-state index contributed by atoms with van der Waals surface area (Å²) in [5, 5.41) is 8.65. The molecule has 0 atom stereocenters. The lowest BCUT2D eigenvalue weighted by Gasteiger charge is -2.36. The normalized spacial score (nSPS) is 15.9. The Balaban J connectivity index is 1.86. The molecule has 1 heterocycles. The van der Waals surface area contributed by atoms with Crippen molar-refractivity contribution >= 4 is 21.5 Å². The first kappa shape index (κ1) is 21.5. The number of nitrogens with zero attached hydrogens (tertiary/aromatic N) is 3. The predicted molar refractivity (Wildman–Crippen MR) is 105 cm³/mol. The summed E-state index contributed by atoms with van der Waals surface area (Å²) in [6.07, 6.45) is 0. The molecular weight excluding hydrogens is 370 g/mol. The van der Waals surface area contributed by atoms with Gasteiger partial charge in [-0.1, -0.05) is 12.1 Å². The molecule has 0 amide bonds. The van der Waals surface area contributed by atoms with E-state index in [2.05, 4.69) is 14.7 Å². The molecule has 1 aromatic carbocycles. The maximum absolute atomic E-state index is 11.7. The number of hydrogen-bond acceptors (Lipinski definition) is 7. The van der Waals surface area contributed by atoms with E-state index in [1.54, 1.807) is 0 Å². The highest BCUT2D eigenvalue weighted by molar-refractivity contribution is 7.92. The summed E-state index contributed by atoms with van der Waals surface area (Å²) in [5.74, 6) is -1.36. The fourth-order valence-corrected chi connectivity index (χ4v) is 3.98. The van der Waals surface area contributed by atoms with Crippen LogP contribution in [0.1, 0.15) is 0 Å². The van der Waals surface area contributed by atoms with Crippen molar-refractivity contribution in [1.29, 1.82) is 0 Å². The topological polar surface area (TPSA) is 90.4 Å². The number of carboxylic acids is 1. The highest BCUT2D eigenvalue weighted by Crippen LogP contribution is 2.28. The van der Waals surface area contributed by atoms with E-state index >= 15 is 0 Å². The third kappa shape index (κ3) is 7.36. The summed E-state index contributed by atoms with van der Waals surface area (Å²) in [6.45, 7) is 4.83. The lowest BCUT2D eigenvalue weighted by Crippen LogP contribution is -2.48. The number of rotatable bonds is 10. The quantitative estimate of drug-likeness (QED) is 0.599. The number of anilines is 1. The van der Waals surface area contributed by atoms with Gasteiger partial charge in [0.15, 0.2) is 9.84 Å². The molecule has 1 saturated heterocycles. The SMILES string of the molecule is CN(C)CCOc1ccccc1N1CCN(CCS(=O)(=O)CC(=O)O)CC1. The van der Waals surface area contributed by atoms with Crippen LogP contribution in [-0.2, 0) is 14.6 Å². The molecule has 2 rings (SSSR count). The van der Waals surface area contributed by atoms with Crippen molar-refractivity contribution in [2.75, 3.05) is 76.4 Å². The Morgan fingerprint density at radius 2 is 1.85 bits per heavy atom. The Labute approximate surface area is 161 Å². The third-order valence-corrected chi connectivity index (χ3v) is 5.93. The minimum atomic E-state index is -3.55. The molecule has 0 aromatic heterocycles. The van der Waals surface area contributed by atoms with Gasteiger partial charge < -0.3 is 19.6 Å². The van der Waals surface area contributed by atoms with Gasteiger partial charge in [-0.3, -0.25) is 9.69 Å². The van der Waals surface area contributed by atoms with Gasteiger partial charge >= 0.3 is 5.97 Å². The molecule has 0 spiro atoms. The third-order valence-electron chi connectivity index (χ3n) is 4.44. The van der Waals surface area contributed by atoms with Gasteiger partial charge in [-0.15, -0.1) is 0 Å². The Kier molecular flexibility index (Phi) is 7.88. The average Bonchev–Trinajstić information content (AvgIpc) is 2.60. The van der Waals surface area contributed by atoms with Crippen LogP contribution in [0.5, 0.6) is 5.75 Å². The van der Waals surface area contributed by atoms with Crippen LogP contribution >= 0.6 is 0 Å². The highest BCUT2D eigenvalue weighted by Gasteiger charge is 2.22. The van der Waals surface area contributed by atoms with E-state index < -0.39 is 21.6 Å². The molecule has 8 nitrogen and oxygen atoms in total. The van der Waals surface area contributed by atoms with Crippen molar-refractivity contribution in [3.63, 3.8) is 0 Å². The average molecular weight is 400 g/mol. The number of ether oxygens (including phenoxy) is 1. The minimum absolute atomic E-state index is 0.121. The Morgan fingerprint density at radius 1 is 1.19 bits per heavy atom. The van der Waals surface area contributed by atoms with Crippen LogP contribution in [-0.4, -0.2) is 101 Å². The second kappa shape index (κ2) is 9.91. The second-order valence-electron chi connectivity index (χ2n) is 6.93. The lowest BCUT2D eigenvalue weighted by atomic mass is 10.2. The fourth-order valence-electron chi connectivity index (χ4n) is 2.92. The van der Waals surface area contributed by atoms with Crippen LogP contribution in [0.25, 0.3) is 0 Å². The molecule has 1 aliphatic rings. The van der Waals surface area contributed by atoms with Gasteiger partial charge in [0.25, 0.3) is 0 Å². The number of carbonyl (C=O) groups is 1. The maximum Gasteiger partial charge on any atom is 0.318 e. The maximum atomic E-state index is 11.7. The van der Waals surface area contributed by atoms with Crippen LogP contribution < -0.4 is 9.64 Å². The molecule has 1 N–H and O–H groups in total. The number of para-hydroxylation sites is 2. The van der Waals surface area contributed by atoms with Crippen molar-refractivity contribution in [3.05, 3.63) is 24.3 Å². The van der Waals surface area contributed by atoms with E-state index in [1.807, 2.05) is 38.4 Å². The van der Waals surface area contributed by atoms with Crippen LogP contribution in [0.4, 0.5) is 5.69 Å². The fraction of sp³-hybridized carbons (Fsp3) is 0.611. The van der Waals surface area contributed by atoms with Crippen molar-refractivity contribution in [1.82, 2.24) is 9.80 Å². The van der Waals surface area contributed by atoms with E-state index in [0.29, 0.717) is 13.2 Å². The smallest absolute Gasteiger partial charge is 0.318 e. The van der Waals surface area contributed by atoms with Gasteiger partial charge in [-0.2, -0.15) is 0 Å². The zero-order chi connectivity index (χ0) is 19.9. The van der Waals surface area contributed by atoms with Gasteiger partial charge in [0.2, 0.25) is 0 Å². The molecule has 0 unspecified atom stereocenters. The summed E-state index contributed by atoms with van der Waals surface area (Å²) in [7, 11) is 0.461. The molecular formula is C18H29N3O5S. The van der Waals surface area contributed by atoms with Crippen molar-refractivity contribution in [2.24, 2.45) is 0 Å². The first-order valence-electron chi connectivity index (χ1n) is 9.03. The zero-order valence-corrected chi connectivity index (χ0v) is 16.8. The monoisotopic (exact) mass is 399 g/mol. The Morgan fingerprint density at radius 3 is 2.48 bits per heavy atom. The molecule has 0 saturated carbocycles. The summed E-state index contributed by atoms with van der Waals surface area (Å²) in [5.41, 5.74) is 1.05. The van der Waals surface area contributed by atoms with Gasteiger partial charge in [-0.05, 0) is 26.2 Å². The predicted octanol–water partition coefficient (Wildman–Crippen LogP) is 0.248. The number of sulfone groups is 1. The van der Waals surface area contributed by atoms with Crippen LogP contribution in [0.15, 0.2) is 24.3 Å². The Hall–Kier alpha value is -1.84. The van der Waals surface area contributed by atoms with Crippen molar-refractivity contribution in [2.45, 2.75) is 0 Å². The van der Waals surface area contributed by atoms with Gasteiger partial charge in [0.1, 0.15) is 18.1 Å². The van der Waals surface area contributed by atoms with E-state index in [-0.39, 0.29) is 5.75 Å². The minimum Gasteiger partial charge on any atom is -0.490 e. The van der Waals surface area contributed by atoms with E-state index in [4.69, 9.17) is 9.84 Å². The van der Waals surface area contributed by atoms with Gasteiger partial charge in [0, 0.05) is 39.3 Å². The second-order valence-corrected chi connectivity index (χ2v) is 9.12. The molecule has 1 aliphatic heterocycles. The number of aliphatic carboxylic acids is 1. The van der Waals surface area contributed by atoms with Crippen molar-refractivity contribution in [3.8, 4) is 5.75 Å². The summed E-state index contributed by atoms with van der Waals surface area (Å²) >= 11 is 0. The number of hydrogen-bond donors (Lipinski definition) is 1. The van der Waals surface area contributed by atoms with E-state index in [9.17, 15) is 13.2 Å². The standard InChI is InChI=1S/C18H29N3O5S/c1-19(2)11-13-26-17-6-4-3-5-16(17)21-9-7-20(8-10-21)12-14-27(24,25)15-18(22)23/h3-6H,7-15H2,1-2H3,(H,22,23). The number of benzene rings is 1. The summed E-state index contributed by atoms with van der Waals surface area (Å²) in [6, 6.07) is 7.95. The molecule has 152 valence electrons. The Bertz CT molecular complexity index is 715. The van der Waals surface area contributed by atoms with Crippen LogP contribution in [0, 0.1) is 0 Å². The molecule has 27 heavy (non-hydrogen) atoms. The number of carboxylic acid groups (broad SMARTS) is 1. The number of piperazine rings is 1. The molecule has 9 heteroatoms. The van der Waals surface area contributed by atoms with Crippen LogP contribution in [0.3, 0.4) is 0 Å². The molecule has 1 aromatic rings. The van der Waals surface area contributed by atoms with Crippen molar-refractivity contribution < 1.29 is 23.1 Å². The van der Waals surface area contributed by atoms with E-state index in [0.717, 1.165) is 44.2 Å². The van der Waals surface area contributed by atoms with Crippen LogP contribution in [0.2, 0.25) is 0 Å². The van der Waals surface area contributed by atoms with Gasteiger partial charge in [0.05, 0.1) is 11.4 Å². The molecule has 1 fully saturated rings. The first-order valence-corrected chi connectivity index (χ1v) is 10.8. The first-order chi connectivity index (χ1) is 12.8. The largest absolute Gasteiger partial charge is 0.490 e. The zero-order valence-electron chi connectivity index (χ0n) is 16.0. The molecule has 0 bridgehead atoms. The van der Waals surface area contributed by atoms with E-state index in [1.165, 1.54) is 0 Å². The lowest BCUT2D eigenvalue weighted by molar-refractivity contribution is -0.134. The summed E-state index contributed by atoms with van der Waals surface area (Å²) < 4.78 is 29.4. The molecule has 0 radical (unpaired) electrons. The van der Waals surface area contributed by atoms with Gasteiger partial charge in [-0.25, -0.2) is 8.42 Å².